The van der Waals surface area contributed by atoms with E-state index in [1.165, 1.54) is 32.1 Å². The average molecular weight is 249 g/mol. The molecule has 2 nitrogen and oxygen atoms in total. The van der Waals surface area contributed by atoms with Crippen LogP contribution in [0.5, 0.6) is 0 Å². The summed E-state index contributed by atoms with van der Waals surface area (Å²) in [6, 6.07) is 10.3. The van der Waals surface area contributed by atoms with Crippen molar-refractivity contribution < 1.29 is 5.11 Å². The van der Waals surface area contributed by atoms with Crippen LogP contribution in [0, 0.1) is 0 Å². The van der Waals surface area contributed by atoms with Gasteiger partial charge in [-0.05, 0) is 18.9 Å². The van der Waals surface area contributed by atoms with Crippen molar-refractivity contribution in [1.82, 2.24) is 5.32 Å². The first kappa shape index (κ1) is 15.2. The lowest BCUT2D eigenvalue weighted by Gasteiger charge is -2.17. The molecule has 0 aliphatic heterocycles. The molecular formula is C16H27NO. The zero-order valence-corrected chi connectivity index (χ0v) is 11.7. The summed E-state index contributed by atoms with van der Waals surface area (Å²) in [6.07, 6.45) is 6.02. The number of nitrogens with one attached hydrogen (secondary N) is 1. The molecule has 2 atom stereocenters. The molecule has 0 radical (unpaired) electrons. The van der Waals surface area contributed by atoms with Crippen molar-refractivity contribution in [3.8, 4) is 0 Å². The van der Waals surface area contributed by atoms with Crippen molar-refractivity contribution in [2.75, 3.05) is 6.54 Å². The van der Waals surface area contributed by atoms with Crippen LogP contribution in [0.15, 0.2) is 30.3 Å². The smallest absolute Gasteiger partial charge is 0.0914 e. The van der Waals surface area contributed by atoms with Crippen molar-refractivity contribution in [3.05, 3.63) is 35.9 Å². The van der Waals surface area contributed by atoms with E-state index in [2.05, 4.69) is 19.2 Å². The second kappa shape index (κ2) is 9.12. The molecule has 0 saturated carbocycles. The maximum Gasteiger partial charge on any atom is 0.0914 e. The topological polar surface area (TPSA) is 32.3 Å². The molecule has 1 aromatic rings. The van der Waals surface area contributed by atoms with Gasteiger partial charge in [-0.1, -0.05) is 62.9 Å². The molecule has 2 N–H and O–H groups in total. The van der Waals surface area contributed by atoms with Gasteiger partial charge >= 0.3 is 0 Å². The van der Waals surface area contributed by atoms with E-state index >= 15 is 0 Å². The fourth-order valence-electron chi connectivity index (χ4n) is 2.09. The Hall–Kier alpha value is -0.860. The van der Waals surface area contributed by atoms with E-state index in [0.29, 0.717) is 12.6 Å². The van der Waals surface area contributed by atoms with Crippen molar-refractivity contribution >= 4 is 0 Å². The van der Waals surface area contributed by atoms with Gasteiger partial charge in [-0.15, -0.1) is 0 Å². The molecule has 2 heteroatoms. The third-order valence-electron chi connectivity index (χ3n) is 3.33. The molecule has 0 fully saturated rings. The molecule has 0 bridgehead atoms. The lowest BCUT2D eigenvalue weighted by Crippen LogP contribution is -2.30. The van der Waals surface area contributed by atoms with Crippen LogP contribution in [0.3, 0.4) is 0 Å². The van der Waals surface area contributed by atoms with E-state index in [-0.39, 0.29) is 0 Å². The minimum atomic E-state index is -0.399. The largest absolute Gasteiger partial charge is 0.387 e. The Labute approximate surface area is 111 Å². The van der Waals surface area contributed by atoms with Crippen LogP contribution in [0.4, 0.5) is 0 Å². The SMILES string of the molecule is CCCCCCC(C)NCC(O)c1ccccc1. The molecule has 1 aromatic carbocycles. The molecule has 0 saturated heterocycles. The Balaban J connectivity index is 2.16. The molecule has 2 unspecified atom stereocenters. The van der Waals surface area contributed by atoms with Crippen LogP contribution in [0.2, 0.25) is 0 Å². The second-order valence-electron chi connectivity index (χ2n) is 5.09. The Morgan fingerprint density at radius 1 is 1.11 bits per heavy atom. The van der Waals surface area contributed by atoms with Gasteiger partial charge in [0, 0.05) is 12.6 Å². The number of hydrogen-bond acceptors (Lipinski definition) is 2. The lowest BCUT2D eigenvalue weighted by molar-refractivity contribution is 0.170. The Morgan fingerprint density at radius 2 is 1.83 bits per heavy atom. The van der Waals surface area contributed by atoms with Gasteiger partial charge in [0.25, 0.3) is 0 Å². The molecule has 0 amide bonds. The van der Waals surface area contributed by atoms with Gasteiger partial charge in [-0.2, -0.15) is 0 Å². The maximum absolute atomic E-state index is 10.0. The first-order chi connectivity index (χ1) is 8.74. The molecule has 0 aliphatic carbocycles. The van der Waals surface area contributed by atoms with Crippen LogP contribution in [0.25, 0.3) is 0 Å². The van der Waals surface area contributed by atoms with Gasteiger partial charge in [-0.25, -0.2) is 0 Å². The van der Waals surface area contributed by atoms with E-state index in [0.717, 1.165) is 5.56 Å². The number of aliphatic hydroxyl groups excluding tert-OH is 1. The van der Waals surface area contributed by atoms with Crippen LogP contribution < -0.4 is 5.32 Å². The van der Waals surface area contributed by atoms with Gasteiger partial charge in [0.2, 0.25) is 0 Å². The van der Waals surface area contributed by atoms with Gasteiger partial charge in [0.15, 0.2) is 0 Å². The highest BCUT2D eigenvalue weighted by Gasteiger charge is 2.08. The first-order valence-electron chi connectivity index (χ1n) is 7.20. The van der Waals surface area contributed by atoms with Crippen molar-refractivity contribution in [2.45, 2.75) is 58.1 Å². The quantitative estimate of drug-likeness (QED) is 0.654. The van der Waals surface area contributed by atoms with E-state index in [1.807, 2.05) is 30.3 Å². The second-order valence-corrected chi connectivity index (χ2v) is 5.09. The predicted molar refractivity (Wildman–Crippen MR) is 77.6 cm³/mol. The highest BCUT2D eigenvalue weighted by Crippen LogP contribution is 2.11. The normalized spacial score (nSPS) is 14.4. The summed E-state index contributed by atoms with van der Waals surface area (Å²) < 4.78 is 0. The van der Waals surface area contributed by atoms with E-state index in [1.54, 1.807) is 0 Å². The summed E-state index contributed by atoms with van der Waals surface area (Å²) >= 11 is 0. The zero-order valence-electron chi connectivity index (χ0n) is 11.7. The van der Waals surface area contributed by atoms with Gasteiger partial charge in [-0.3, -0.25) is 0 Å². The van der Waals surface area contributed by atoms with E-state index in [4.69, 9.17) is 0 Å². The first-order valence-corrected chi connectivity index (χ1v) is 7.20. The highest BCUT2D eigenvalue weighted by molar-refractivity contribution is 5.17. The Morgan fingerprint density at radius 3 is 2.50 bits per heavy atom. The third-order valence-corrected chi connectivity index (χ3v) is 3.33. The van der Waals surface area contributed by atoms with E-state index in [9.17, 15) is 5.11 Å². The summed E-state index contributed by atoms with van der Waals surface area (Å²) in [5.74, 6) is 0. The van der Waals surface area contributed by atoms with Crippen LogP contribution >= 0.6 is 0 Å². The molecule has 0 aliphatic rings. The van der Waals surface area contributed by atoms with Crippen molar-refractivity contribution in [1.29, 1.82) is 0 Å². The summed E-state index contributed by atoms with van der Waals surface area (Å²) in [5.41, 5.74) is 0.989. The van der Waals surface area contributed by atoms with Crippen molar-refractivity contribution in [2.24, 2.45) is 0 Å². The van der Waals surface area contributed by atoms with Crippen LogP contribution in [-0.2, 0) is 0 Å². The molecule has 0 spiro atoms. The summed E-state index contributed by atoms with van der Waals surface area (Å²) in [7, 11) is 0. The standard InChI is InChI=1S/C16H27NO/c1-3-4-5-7-10-14(2)17-13-16(18)15-11-8-6-9-12-15/h6,8-9,11-12,14,16-18H,3-5,7,10,13H2,1-2H3. The maximum atomic E-state index is 10.0. The monoisotopic (exact) mass is 249 g/mol. The number of aliphatic hydroxyl groups is 1. The number of unbranched alkanes of at least 4 members (excludes halogenated alkanes) is 3. The zero-order chi connectivity index (χ0) is 13.2. The molecule has 18 heavy (non-hydrogen) atoms. The summed E-state index contributed by atoms with van der Waals surface area (Å²) in [5, 5.41) is 13.4. The molecule has 0 heterocycles. The molecular weight excluding hydrogens is 222 g/mol. The Kier molecular flexibility index (Phi) is 7.70. The predicted octanol–water partition coefficient (Wildman–Crippen LogP) is 3.67. The minimum absolute atomic E-state index is 0.399. The van der Waals surface area contributed by atoms with Crippen molar-refractivity contribution in [3.63, 3.8) is 0 Å². The van der Waals surface area contributed by atoms with Crippen LogP contribution in [-0.4, -0.2) is 17.7 Å². The average Bonchev–Trinajstić information content (AvgIpc) is 2.42. The summed E-state index contributed by atoms with van der Waals surface area (Å²) in [4.78, 5) is 0. The fraction of sp³-hybridized carbons (Fsp3) is 0.625. The highest BCUT2D eigenvalue weighted by atomic mass is 16.3. The number of rotatable bonds is 9. The van der Waals surface area contributed by atoms with Gasteiger partial charge in [0.05, 0.1) is 6.10 Å². The lowest BCUT2D eigenvalue weighted by atomic mass is 10.1. The van der Waals surface area contributed by atoms with E-state index < -0.39 is 6.10 Å². The number of hydrogen-bond donors (Lipinski definition) is 2. The fourth-order valence-corrected chi connectivity index (χ4v) is 2.09. The minimum Gasteiger partial charge on any atom is -0.387 e. The molecule has 102 valence electrons. The number of benzene rings is 1. The summed E-state index contributed by atoms with van der Waals surface area (Å²) in [6.45, 7) is 5.07. The third kappa shape index (κ3) is 6.18. The van der Waals surface area contributed by atoms with Gasteiger partial charge < -0.3 is 10.4 Å². The molecule has 1 rings (SSSR count). The Bertz CT molecular complexity index is 299. The molecule has 0 aromatic heterocycles. The van der Waals surface area contributed by atoms with Gasteiger partial charge in [0.1, 0.15) is 0 Å². The van der Waals surface area contributed by atoms with Crippen LogP contribution in [0.1, 0.15) is 57.6 Å².